The number of ether oxygens (including phenoxy) is 1. The summed E-state index contributed by atoms with van der Waals surface area (Å²) in [5.41, 5.74) is 5.77. The molecule has 2 rings (SSSR count). The highest BCUT2D eigenvalue weighted by Gasteiger charge is 2.23. The van der Waals surface area contributed by atoms with E-state index >= 15 is 0 Å². The van der Waals surface area contributed by atoms with Gasteiger partial charge in [0.2, 0.25) is 0 Å². The van der Waals surface area contributed by atoms with Gasteiger partial charge in [-0.05, 0) is 25.7 Å². The Morgan fingerprint density at radius 2 is 2.43 bits per heavy atom. The SMILES string of the molecule is COC1CCCC(n2ccnc2N)C1. The summed E-state index contributed by atoms with van der Waals surface area (Å²) in [6.45, 7) is 0. The summed E-state index contributed by atoms with van der Waals surface area (Å²) in [7, 11) is 1.78. The molecule has 78 valence electrons. The van der Waals surface area contributed by atoms with E-state index in [-0.39, 0.29) is 0 Å². The van der Waals surface area contributed by atoms with Gasteiger partial charge in [0.05, 0.1) is 6.10 Å². The van der Waals surface area contributed by atoms with Crippen molar-refractivity contribution in [2.45, 2.75) is 37.8 Å². The molecule has 1 saturated carbocycles. The number of hydrogen-bond donors (Lipinski definition) is 1. The Morgan fingerprint density at radius 3 is 3.07 bits per heavy atom. The summed E-state index contributed by atoms with van der Waals surface area (Å²) in [5.74, 6) is 0.617. The summed E-state index contributed by atoms with van der Waals surface area (Å²) >= 11 is 0. The lowest BCUT2D eigenvalue weighted by molar-refractivity contribution is 0.0534. The standard InChI is InChI=1S/C10H17N3O/c1-14-9-4-2-3-8(7-9)13-6-5-12-10(13)11/h5-6,8-9H,2-4,7H2,1H3,(H2,11,12). The van der Waals surface area contributed by atoms with Gasteiger partial charge in [-0.2, -0.15) is 0 Å². The number of imidazole rings is 1. The van der Waals surface area contributed by atoms with Crippen LogP contribution in [0.15, 0.2) is 12.4 Å². The number of hydrogen-bond acceptors (Lipinski definition) is 3. The molecule has 0 amide bonds. The van der Waals surface area contributed by atoms with Crippen molar-refractivity contribution in [1.29, 1.82) is 0 Å². The Labute approximate surface area is 84.1 Å². The van der Waals surface area contributed by atoms with E-state index in [1.54, 1.807) is 13.3 Å². The molecule has 2 N–H and O–H groups in total. The van der Waals surface area contributed by atoms with Gasteiger partial charge in [0.25, 0.3) is 0 Å². The van der Waals surface area contributed by atoms with Gasteiger partial charge in [-0.15, -0.1) is 0 Å². The van der Waals surface area contributed by atoms with E-state index in [2.05, 4.69) is 9.55 Å². The molecule has 0 aliphatic heterocycles. The second-order valence-corrected chi connectivity index (χ2v) is 3.87. The van der Waals surface area contributed by atoms with Crippen LogP contribution in [0.25, 0.3) is 0 Å². The van der Waals surface area contributed by atoms with E-state index < -0.39 is 0 Å². The molecule has 0 spiro atoms. The Bertz CT molecular complexity index is 297. The molecule has 1 heterocycles. The Balaban J connectivity index is 2.08. The summed E-state index contributed by atoms with van der Waals surface area (Å²) < 4.78 is 7.45. The summed E-state index contributed by atoms with van der Waals surface area (Å²) in [5, 5.41) is 0. The summed E-state index contributed by atoms with van der Waals surface area (Å²) in [6, 6.07) is 0.469. The van der Waals surface area contributed by atoms with Crippen LogP contribution in [0.2, 0.25) is 0 Å². The molecule has 0 radical (unpaired) electrons. The number of nitrogens with two attached hydrogens (primary N) is 1. The zero-order valence-electron chi connectivity index (χ0n) is 8.52. The topological polar surface area (TPSA) is 53.1 Å². The molecular formula is C10H17N3O. The first kappa shape index (κ1) is 9.52. The van der Waals surface area contributed by atoms with Gasteiger partial charge in [-0.3, -0.25) is 0 Å². The average Bonchev–Trinajstić information content (AvgIpc) is 2.65. The van der Waals surface area contributed by atoms with Gasteiger partial charge in [0.1, 0.15) is 0 Å². The van der Waals surface area contributed by atoms with Crippen LogP contribution in [0.4, 0.5) is 5.95 Å². The summed E-state index contributed by atoms with van der Waals surface area (Å²) in [6.07, 6.45) is 8.71. The molecular weight excluding hydrogens is 178 g/mol. The highest BCUT2D eigenvalue weighted by molar-refractivity contribution is 5.18. The predicted molar refractivity (Wildman–Crippen MR) is 54.9 cm³/mol. The third-order valence-corrected chi connectivity index (χ3v) is 3.02. The van der Waals surface area contributed by atoms with Crippen molar-refractivity contribution in [1.82, 2.24) is 9.55 Å². The van der Waals surface area contributed by atoms with Gasteiger partial charge >= 0.3 is 0 Å². The third-order valence-electron chi connectivity index (χ3n) is 3.02. The number of methoxy groups -OCH3 is 1. The molecule has 1 fully saturated rings. The lowest BCUT2D eigenvalue weighted by Gasteiger charge is -2.29. The van der Waals surface area contributed by atoms with Crippen LogP contribution in [0, 0.1) is 0 Å². The van der Waals surface area contributed by atoms with Crippen molar-refractivity contribution in [3.63, 3.8) is 0 Å². The molecule has 0 aromatic carbocycles. The number of aromatic nitrogens is 2. The quantitative estimate of drug-likeness (QED) is 0.779. The van der Waals surface area contributed by atoms with E-state index in [1.807, 2.05) is 6.20 Å². The minimum Gasteiger partial charge on any atom is -0.381 e. The first-order chi connectivity index (χ1) is 6.81. The van der Waals surface area contributed by atoms with Gasteiger partial charge in [-0.1, -0.05) is 0 Å². The molecule has 1 aliphatic carbocycles. The van der Waals surface area contributed by atoms with E-state index in [0.29, 0.717) is 18.1 Å². The fraction of sp³-hybridized carbons (Fsp3) is 0.700. The first-order valence-corrected chi connectivity index (χ1v) is 5.12. The maximum absolute atomic E-state index is 5.77. The molecule has 0 bridgehead atoms. The number of anilines is 1. The van der Waals surface area contributed by atoms with Crippen molar-refractivity contribution in [2.75, 3.05) is 12.8 Å². The van der Waals surface area contributed by atoms with Crippen molar-refractivity contribution in [3.05, 3.63) is 12.4 Å². The third kappa shape index (κ3) is 1.75. The zero-order valence-corrected chi connectivity index (χ0v) is 8.52. The average molecular weight is 195 g/mol. The molecule has 14 heavy (non-hydrogen) atoms. The van der Waals surface area contributed by atoms with Gasteiger partial charge < -0.3 is 15.0 Å². The number of nitrogens with zero attached hydrogens (tertiary/aromatic N) is 2. The second kappa shape index (κ2) is 4.00. The van der Waals surface area contributed by atoms with Crippen LogP contribution in [-0.2, 0) is 4.74 Å². The van der Waals surface area contributed by atoms with Gasteiger partial charge in [0.15, 0.2) is 5.95 Å². The minimum atomic E-state index is 0.385. The summed E-state index contributed by atoms with van der Waals surface area (Å²) in [4.78, 5) is 4.04. The van der Waals surface area contributed by atoms with Crippen LogP contribution in [0.5, 0.6) is 0 Å². The number of rotatable bonds is 2. The highest BCUT2D eigenvalue weighted by Crippen LogP contribution is 2.30. The van der Waals surface area contributed by atoms with Crippen LogP contribution in [0.1, 0.15) is 31.7 Å². The Kier molecular flexibility index (Phi) is 2.72. The normalized spacial score (nSPS) is 27.8. The monoisotopic (exact) mass is 195 g/mol. The maximum atomic E-state index is 5.77. The number of nitrogen functional groups attached to an aromatic ring is 1. The molecule has 2 atom stereocenters. The van der Waals surface area contributed by atoms with Crippen molar-refractivity contribution >= 4 is 5.95 Å². The van der Waals surface area contributed by atoms with Gasteiger partial charge in [-0.25, -0.2) is 4.98 Å². The van der Waals surface area contributed by atoms with Crippen LogP contribution in [0.3, 0.4) is 0 Å². The van der Waals surface area contributed by atoms with E-state index in [9.17, 15) is 0 Å². The highest BCUT2D eigenvalue weighted by atomic mass is 16.5. The lowest BCUT2D eigenvalue weighted by atomic mass is 9.93. The fourth-order valence-corrected chi connectivity index (χ4v) is 2.22. The van der Waals surface area contributed by atoms with E-state index in [0.717, 1.165) is 6.42 Å². The van der Waals surface area contributed by atoms with E-state index in [4.69, 9.17) is 10.5 Å². The van der Waals surface area contributed by atoms with Crippen LogP contribution >= 0.6 is 0 Å². The molecule has 1 aromatic heterocycles. The fourth-order valence-electron chi connectivity index (χ4n) is 2.22. The molecule has 4 nitrogen and oxygen atoms in total. The Hall–Kier alpha value is -1.03. The molecule has 1 aromatic rings. The lowest BCUT2D eigenvalue weighted by Crippen LogP contribution is -2.24. The van der Waals surface area contributed by atoms with Crippen LogP contribution in [-0.4, -0.2) is 22.8 Å². The van der Waals surface area contributed by atoms with E-state index in [1.165, 1.54) is 19.3 Å². The molecule has 0 saturated heterocycles. The molecule has 2 unspecified atom stereocenters. The predicted octanol–water partition coefficient (Wildman–Crippen LogP) is 1.60. The van der Waals surface area contributed by atoms with Crippen LogP contribution < -0.4 is 5.73 Å². The maximum Gasteiger partial charge on any atom is 0.200 e. The smallest absolute Gasteiger partial charge is 0.200 e. The second-order valence-electron chi connectivity index (χ2n) is 3.87. The first-order valence-electron chi connectivity index (χ1n) is 5.12. The molecule has 1 aliphatic rings. The zero-order chi connectivity index (χ0) is 9.97. The van der Waals surface area contributed by atoms with Crippen molar-refractivity contribution in [2.24, 2.45) is 0 Å². The largest absolute Gasteiger partial charge is 0.381 e. The van der Waals surface area contributed by atoms with Crippen molar-refractivity contribution in [3.8, 4) is 0 Å². The van der Waals surface area contributed by atoms with Gasteiger partial charge in [0, 0.05) is 25.5 Å². The molecule has 4 heteroatoms. The van der Waals surface area contributed by atoms with Crippen molar-refractivity contribution < 1.29 is 4.74 Å². The minimum absolute atomic E-state index is 0.385. The Morgan fingerprint density at radius 1 is 1.57 bits per heavy atom.